The zero-order valence-corrected chi connectivity index (χ0v) is 7.46. The Morgan fingerprint density at radius 2 is 2.07 bits per heavy atom. The van der Waals surface area contributed by atoms with E-state index in [2.05, 4.69) is 0 Å². The highest BCUT2D eigenvalue weighted by atomic mass is 19.4. The first-order valence-electron chi connectivity index (χ1n) is 3.69. The van der Waals surface area contributed by atoms with Crippen molar-refractivity contribution in [3.05, 3.63) is 27.5 Å². The van der Waals surface area contributed by atoms with Crippen molar-refractivity contribution >= 4 is 0 Å². The first-order chi connectivity index (χ1) is 6.79. The molecule has 1 aromatic rings. The van der Waals surface area contributed by atoms with E-state index >= 15 is 0 Å². The Morgan fingerprint density at radius 1 is 1.53 bits per heavy atom. The lowest BCUT2D eigenvalue weighted by atomic mass is 10.1. The summed E-state index contributed by atoms with van der Waals surface area (Å²) in [5, 5.41) is 17.6. The summed E-state index contributed by atoms with van der Waals surface area (Å²) in [7, 11) is 1.07. The summed E-state index contributed by atoms with van der Waals surface area (Å²) in [5.74, 6) is -0.989. The van der Waals surface area contributed by atoms with Crippen molar-refractivity contribution in [2.75, 3.05) is 0 Å². The number of aromatic nitrogens is 1. The van der Waals surface area contributed by atoms with Gasteiger partial charge < -0.3 is 5.11 Å². The van der Waals surface area contributed by atoms with Gasteiger partial charge in [0.15, 0.2) is 0 Å². The van der Waals surface area contributed by atoms with Gasteiger partial charge in [0.25, 0.3) is 5.56 Å². The number of nitrogens with zero attached hydrogens (tertiary/aromatic N) is 2. The Labute approximate surface area is 81.8 Å². The largest absolute Gasteiger partial charge is 0.493 e. The van der Waals surface area contributed by atoms with Gasteiger partial charge in [-0.25, -0.2) is 0 Å². The predicted molar refractivity (Wildman–Crippen MR) is 43.1 cm³/mol. The topological polar surface area (TPSA) is 66.0 Å². The zero-order chi connectivity index (χ0) is 11.8. The molecule has 0 saturated carbocycles. The molecule has 0 amide bonds. The molecule has 1 heterocycles. The van der Waals surface area contributed by atoms with Crippen LogP contribution in [0.25, 0.3) is 0 Å². The van der Waals surface area contributed by atoms with E-state index in [1.165, 1.54) is 6.07 Å². The number of hydrogen-bond donors (Lipinski definition) is 1. The third-order valence-corrected chi connectivity index (χ3v) is 1.83. The summed E-state index contributed by atoms with van der Waals surface area (Å²) in [6.07, 6.45) is -4.84. The number of aromatic hydroxyl groups is 1. The Hall–Kier alpha value is -1.97. The van der Waals surface area contributed by atoms with Gasteiger partial charge in [-0.2, -0.15) is 18.4 Å². The first-order valence-corrected chi connectivity index (χ1v) is 3.69. The number of rotatable bonds is 0. The normalized spacial score (nSPS) is 11.1. The minimum Gasteiger partial charge on any atom is -0.493 e. The van der Waals surface area contributed by atoms with Crippen molar-refractivity contribution in [1.82, 2.24) is 4.57 Å². The number of pyridine rings is 1. The Bertz CT molecular complexity index is 496. The molecule has 0 unspecified atom stereocenters. The van der Waals surface area contributed by atoms with Crippen molar-refractivity contribution in [2.24, 2.45) is 7.05 Å². The maximum atomic E-state index is 12.3. The highest BCUT2D eigenvalue weighted by Gasteiger charge is 2.36. The van der Waals surface area contributed by atoms with Crippen LogP contribution in [-0.4, -0.2) is 9.67 Å². The molecule has 7 heteroatoms. The van der Waals surface area contributed by atoms with Crippen LogP contribution in [0.3, 0.4) is 0 Å². The maximum absolute atomic E-state index is 12.3. The van der Waals surface area contributed by atoms with E-state index < -0.39 is 28.7 Å². The minimum absolute atomic E-state index is 0.276. The molecule has 1 rings (SSSR count). The molecule has 0 saturated heterocycles. The average Bonchev–Trinajstić information content (AvgIpc) is 2.12. The van der Waals surface area contributed by atoms with E-state index in [0.29, 0.717) is 4.57 Å². The molecule has 0 aliphatic rings. The zero-order valence-electron chi connectivity index (χ0n) is 7.46. The van der Waals surface area contributed by atoms with E-state index in [1.807, 2.05) is 0 Å². The molecule has 0 atom stereocenters. The molecule has 4 nitrogen and oxygen atoms in total. The number of halogens is 3. The quantitative estimate of drug-likeness (QED) is 0.705. The van der Waals surface area contributed by atoms with E-state index in [0.717, 1.165) is 7.05 Å². The molecule has 0 fully saturated rings. The molecular formula is C8H5F3N2O2. The highest BCUT2D eigenvalue weighted by Crippen LogP contribution is 2.33. The van der Waals surface area contributed by atoms with Crippen LogP contribution in [0, 0.1) is 11.3 Å². The van der Waals surface area contributed by atoms with Crippen LogP contribution in [-0.2, 0) is 13.2 Å². The van der Waals surface area contributed by atoms with Gasteiger partial charge in [0, 0.05) is 13.1 Å². The average molecular weight is 218 g/mol. The lowest BCUT2D eigenvalue weighted by Gasteiger charge is -2.11. The van der Waals surface area contributed by atoms with Crippen molar-refractivity contribution in [1.29, 1.82) is 5.26 Å². The smallest absolute Gasteiger partial charge is 0.418 e. The fraction of sp³-hybridized carbons (Fsp3) is 0.250. The fourth-order valence-electron chi connectivity index (χ4n) is 1.02. The molecule has 1 aromatic heterocycles. The van der Waals surface area contributed by atoms with Crippen LogP contribution in [0.2, 0.25) is 0 Å². The summed E-state index contributed by atoms with van der Waals surface area (Å²) >= 11 is 0. The molecule has 15 heavy (non-hydrogen) atoms. The second-order valence-electron chi connectivity index (χ2n) is 2.76. The van der Waals surface area contributed by atoms with Crippen LogP contribution < -0.4 is 5.56 Å². The van der Waals surface area contributed by atoms with Crippen LogP contribution >= 0.6 is 0 Å². The van der Waals surface area contributed by atoms with Gasteiger partial charge in [-0.05, 0) is 0 Å². The Morgan fingerprint density at radius 3 is 2.47 bits per heavy atom. The van der Waals surface area contributed by atoms with Crippen LogP contribution in [0.15, 0.2) is 10.9 Å². The summed E-state index contributed by atoms with van der Waals surface area (Å²) in [5.41, 5.74) is -3.41. The van der Waals surface area contributed by atoms with E-state index in [1.54, 1.807) is 0 Å². The summed E-state index contributed by atoms with van der Waals surface area (Å²) in [6, 6.07) is 1.48. The fourth-order valence-corrected chi connectivity index (χ4v) is 1.02. The SMILES string of the molecule is Cn1c(O)c(C#N)c(C(F)(F)F)cc1=O. The van der Waals surface area contributed by atoms with E-state index in [-0.39, 0.29) is 6.07 Å². The summed E-state index contributed by atoms with van der Waals surface area (Å²) in [6.45, 7) is 0. The minimum atomic E-state index is -4.84. The molecule has 80 valence electrons. The molecule has 0 aromatic carbocycles. The van der Waals surface area contributed by atoms with Crippen molar-refractivity contribution in [3.63, 3.8) is 0 Å². The van der Waals surface area contributed by atoms with E-state index in [9.17, 15) is 18.0 Å². The van der Waals surface area contributed by atoms with Gasteiger partial charge >= 0.3 is 6.18 Å². The van der Waals surface area contributed by atoms with Crippen molar-refractivity contribution in [3.8, 4) is 11.9 Å². The molecule has 0 radical (unpaired) electrons. The lowest BCUT2D eigenvalue weighted by molar-refractivity contribution is -0.138. The van der Waals surface area contributed by atoms with Gasteiger partial charge in [0.05, 0.1) is 5.56 Å². The first kappa shape index (κ1) is 11.1. The molecule has 1 N–H and O–H groups in total. The molecule has 0 aliphatic heterocycles. The number of hydrogen-bond acceptors (Lipinski definition) is 3. The summed E-state index contributed by atoms with van der Waals surface area (Å²) in [4.78, 5) is 11.0. The van der Waals surface area contributed by atoms with Crippen molar-refractivity contribution in [2.45, 2.75) is 6.18 Å². The van der Waals surface area contributed by atoms with E-state index in [4.69, 9.17) is 10.4 Å². The second-order valence-corrected chi connectivity index (χ2v) is 2.76. The van der Waals surface area contributed by atoms with Crippen LogP contribution in [0.5, 0.6) is 5.88 Å². The van der Waals surface area contributed by atoms with Gasteiger partial charge in [-0.1, -0.05) is 0 Å². The van der Waals surface area contributed by atoms with Gasteiger partial charge in [-0.15, -0.1) is 0 Å². The van der Waals surface area contributed by atoms with Crippen LogP contribution in [0.1, 0.15) is 11.1 Å². The lowest BCUT2D eigenvalue weighted by Crippen LogP contribution is -2.21. The van der Waals surface area contributed by atoms with Gasteiger partial charge in [0.2, 0.25) is 5.88 Å². The third kappa shape index (κ3) is 1.79. The number of alkyl halides is 3. The monoisotopic (exact) mass is 218 g/mol. The van der Waals surface area contributed by atoms with Crippen molar-refractivity contribution < 1.29 is 18.3 Å². The molecule has 0 spiro atoms. The second kappa shape index (κ2) is 3.31. The Kier molecular flexibility index (Phi) is 2.45. The van der Waals surface area contributed by atoms with Gasteiger partial charge in [-0.3, -0.25) is 9.36 Å². The maximum Gasteiger partial charge on any atom is 0.418 e. The standard InChI is InChI=1S/C8H5F3N2O2/c1-13-6(14)2-5(8(9,10)11)4(3-12)7(13)15/h2,15H,1H3. The van der Waals surface area contributed by atoms with Gasteiger partial charge in [0.1, 0.15) is 11.6 Å². The molecular weight excluding hydrogens is 213 g/mol. The van der Waals surface area contributed by atoms with Crippen LogP contribution in [0.4, 0.5) is 13.2 Å². The third-order valence-electron chi connectivity index (χ3n) is 1.83. The summed E-state index contributed by atoms with van der Waals surface area (Å²) < 4.78 is 37.5. The highest BCUT2D eigenvalue weighted by molar-refractivity contribution is 5.45. The number of nitriles is 1. The molecule has 0 bridgehead atoms. The predicted octanol–water partition coefficient (Wildman–Crippen LogP) is 0.981. The Balaban J connectivity index is 3.70. The molecule has 0 aliphatic carbocycles.